The number of pyridine rings is 1. The Morgan fingerprint density at radius 3 is 2.49 bits per heavy atom. The van der Waals surface area contributed by atoms with Gasteiger partial charge in [0.25, 0.3) is 5.91 Å². The molecule has 0 radical (unpaired) electrons. The summed E-state index contributed by atoms with van der Waals surface area (Å²) < 4.78 is 29.0. The Labute approximate surface area is 201 Å². The van der Waals surface area contributed by atoms with Gasteiger partial charge in [0, 0.05) is 43.4 Å². The van der Waals surface area contributed by atoms with Crippen molar-refractivity contribution in [3.05, 3.63) is 102 Å². The van der Waals surface area contributed by atoms with Gasteiger partial charge >= 0.3 is 0 Å². The van der Waals surface area contributed by atoms with Crippen LogP contribution < -0.4 is 5.32 Å². The molecule has 1 fully saturated rings. The van der Waals surface area contributed by atoms with E-state index in [1.807, 2.05) is 53.2 Å². The highest BCUT2D eigenvalue weighted by atomic mass is 19.1. The number of nitrogens with one attached hydrogen (secondary N) is 1. The normalized spacial score (nSPS) is 14.3. The molecule has 1 N–H and O–H groups in total. The fraction of sp³-hybridized carbons (Fsp3) is 0.222. The molecule has 178 valence electrons. The van der Waals surface area contributed by atoms with Crippen molar-refractivity contribution in [3.8, 4) is 0 Å². The molecule has 4 aromatic rings. The molecule has 1 aliphatic heterocycles. The molecule has 5 rings (SSSR count). The third-order valence-corrected chi connectivity index (χ3v) is 6.44. The summed E-state index contributed by atoms with van der Waals surface area (Å²) in [5.74, 6) is -1.78. The van der Waals surface area contributed by atoms with E-state index in [1.165, 1.54) is 6.07 Å². The summed E-state index contributed by atoms with van der Waals surface area (Å²) in [5.41, 5.74) is 3.44. The van der Waals surface area contributed by atoms with Gasteiger partial charge in [0.05, 0.1) is 12.0 Å². The highest BCUT2D eigenvalue weighted by molar-refractivity contribution is 5.94. The number of anilines is 1. The number of amides is 2. The van der Waals surface area contributed by atoms with Gasteiger partial charge in [0.15, 0.2) is 0 Å². The summed E-state index contributed by atoms with van der Waals surface area (Å²) in [7, 11) is 0. The molecule has 0 bridgehead atoms. The van der Waals surface area contributed by atoms with Crippen LogP contribution in [0.1, 0.15) is 40.2 Å². The van der Waals surface area contributed by atoms with E-state index in [1.54, 1.807) is 11.1 Å². The van der Waals surface area contributed by atoms with Gasteiger partial charge in [-0.05, 0) is 66.3 Å². The van der Waals surface area contributed by atoms with Gasteiger partial charge in [-0.2, -0.15) is 0 Å². The molecule has 3 heterocycles. The second kappa shape index (κ2) is 9.66. The fourth-order valence-corrected chi connectivity index (χ4v) is 4.54. The van der Waals surface area contributed by atoms with Crippen molar-refractivity contribution in [2.45, 2.75) is 25.2 Å². The first-order chi connectivity index (χ1) is 17.0. The van der Waals surface area contributed by atoms with Crippen LogP contribution in [0, 0.1) is 11.6 Å². The van der Waals surface area contributed by atoms with Crippen molar-refractivity contribution in [1.29, 1.82) is 0 Å². The van der Waals surface area contributed by atoms with Crippen molar-refractivity contribution in [2.24, 2.45) is 0 Å². The van der Waals surface area contributed by atoms with Gasteiger partial charge < -0.3 is 14.6 Å². The number of benzene rings is 2. The lowest BCUT2D eigenvalue weighted by molar-refractivity contribution is -0.115. The summed E-state index contributed by atoms with van der Waals surface area (Å²) in [4.78, 5) is 31.0. The minimum Gasteiger partial charge on any atom is -0.339 e. The Kier molecular flexibility index (Phi) is 6.27. The molecular formula is C27H24F2N4O2. The van der Waals surface area contributed by atoms with E-state index in [0.717, 1.165) is 47.4 Å². The van der Waals surface area contributed by atoms with Gasteiger partial charge in [-0.1, -0.05) is 12.1 Å². The molecule has 2 aromatic carbocycles. The van der Waals surface area contributed by atoms with E-state index in [-0.39, 0.29) is 23.8 Å². The van der Waals surface area contributed by atoms with E-state index in [0.29, 0.717) is 13.1 Å². The van der Waals surface area contributed by atoms with Crippen LogP contribution in [0.25, 0.3) is 5.65 Å². The van der Waals surface area contributed by atoms with Crippen molar-refractivity contribution < 1.29 is 18.4 Å². The lowest BCUT2D eigenvalue weighted by atomic mass is 9.89. The first-order valence-corrected chi connectivity index (χ1v) is 11.5. The topological polar surface area (TPSA) is 66.7 Å². The molecular weight excluding hydrogens is 450 g/mol. The van der Waals surface area contributed by atoms with Crippen LogP contribution in [0.2, 0.25) is 0 Å². The van der Waals surface area contributed by atoms with E-state index in [4.69, 9.17) is 0 Å². The van der Waals surface area contributed by atoms with E-state index >= 15 is 0 Å². The third-order valence-electron chi connectivity index (χ3n) is 6.44. The second-order valence-electron chi connectivity index (χ2n) is 8.77. The van der Waals surface area contributed by atoms with Crippen LogP contribution in [-0.2, 0) is 11.2 Å². The number of rotatable bonds is 5. The minimum absolute atomic E-state index is 0.102. The lowest BCUT2D eigenvalue weighted by Gasteiger charge is -2.32. The number of halogens is 2. The molecule has 2 amide bonds. The van der Waals surface area contributed by atoms with Gasteiger partial charge in [0.2, 0.25) is 5.91 Å². The summed E-state index contributed by atoms with van der Waals surface area (Å²) in [6.45, 7) is 0.999. The molecule has 0 atom stereocenters. The predicted molar refractivity (Wildman–Crippen MR) is 128 cm³/mol. The van der Waals surface area contributed by atoms with Crippen LogP contribution >= 0.6 is 0 Å². The summed E-state index contributed by atoms with van der Waals surface area (Å²) in [6.07, 6.45) is 7.20. The highest BCUT2D eigenvalue weighted by Crippen LogP contribution is 2.30. The SMILES string of the molecule is O=C(Cc1ccn2ccnc2c1)Nc1ccc(C2CCN(C(=O)c3ccc(F)cc3F)CC2)cc1. The maximum Gasteiger partial charge on any atom is 0.256 e. The molecule has 35 heavy (non-hydrogen) atoms. The van der Waals surface area contributed by atoms with Gasteiger partial charge in [-0.25, -0.2) is 13.8 Å². The van der Waals surface area contributed by atoms with E-state index in [2.05, 4.69) is 10.3 Å². The average molecular weight is 475 g/mol. The number of hydrogen-bond donors (Lipinski definition) is 1. The standard InChI is InChI=1S/C27H24F2N4O2/c28-21-3-6-23(24(29)17-21)27(35)33-12-8-20(9-13-33)19-1-4-22(5-2-19)31-26(34)16-18-7-11-32-14-10-30-25(32)15-18/h1-7,10-11,14-15,17,20H,8-9,12-13,16H2,(H,31,34). The molecule has 0 saturated carbocycles. The molecule has 0 aliphatic carbocycles. The van der Waals surface area contributed by atoms with E-state index in [9.17, 15) is 18.4 Å². The summed E-state index contributed by atoms with van der Waals surface area (Å²) in [5, 5.41) is 2.93. The fourth-order valence-electron chi connectivity index (χ4n) is 4.54. The maximum atomic E-state index is 14.0. The lowest BCUT2D eigenvalue weighted by Crippen LogP contribution is -2.38. The smallest absolute Gasteiger partial charge is 0.256 e. The second-order valence-corrected chi connectivity index (χ2v) is 8.77. The third kappa shape index (κ3) is 5.06. The molecule has 6 nitrogen and oxygen atoms in total. The number of likely N-dealkylation sites (tertiary alicyclic amines) is 1. The Hall–Kier alpha value is -4.07. The first-order valence-electron chi connectivity index (χ1n) is 11.5. The quantitative estimate of drug-likeness (QED) is 0.451. The van der Waals surface area contributed by atoms with Crippen LogP contribution in [0.4, 0.5) is 14.5 Å². The maximum absolute atomic E-state index is 14.0. The zero-order chi connectivity index (χ0) is 24.4. The molecule has 8 heteroatoms. The molecule has 2 aromatic heterocycles. The first kappa shape index (κ1) is 22.7. The Balaban J connectivity index is 1.15. The monoisotopic (exact) mass is 474 g/mol. The molecule has 0 spiro atoms. The van der Waals surface area contributed by atoms with Crippen molar-refractivity contribution in [3.63, 3.8) is 0 Å². The largest absolute Gasteiger partial charge is 0.339 e. The number of fused-ring (bicyclic) bond motifs is 1. The number of nitrogens with zero attached hydrogens (tertiary/aromatic N) is 3. The van der Waals surface area contributed by atoms with Crippen LogP contribution in [0.5, 0.6) is 0 Å². The predicted octanol–water partition coefficient (Wildman–Crippen LogP) is 4.81. The van der Waals surface area contributed by atoms with Crippen molar-refractivity contribution >= 4 is 23.1 Å². The minimum atomic E-state index is -0.836. The Morgan fingerprint density at radius 2 is 1.74 bits per heavy atom. The summed E-state index contributed by atoms with van der Waals surface area (Å²) >= 11 is 0. The number of piperidine rings is 1. The number of aromatic nitrogens is 2. The molecule has 1 saturated heterocycles. The number of carbonyl (C=O) groups excluding carboxylic acids is 2. The van der Waals surface area contributed by atoms with Gasteiger partial charge in [0.1, 0.15) is 17.3 Å². The Morgan fingerprint density at radius 1 is 0.971 bits per heavy atom. The highest BCUT2D eigenvalue weighted by Gasteiger charge is 2.26. The van der Waals surface area contributed by atoms with E-state index < -0.39 is 17.5 Å². The Bertz CT molecular complexity index is 1380. The summed E-state index contributed by atoms with van der Waals surface area (Å²) in [6, 6.07) is 14.6. The van der Waals surface area contributed by atoms with Crippen LogP contribution in [0.3, 0.4) is 0 Å². The average Bonchev–Trinajstić information content (AvgIpc) is 3.32. The van der Waals surface area contributed by atoms with Crippen LogP contribution in [-0.4, -0.2) is 39.2 Å². The number of carbonyl (C=O) groups is 2. The van der Waals surface area contributed by atoms with Crippen molar-refractivity contribution in [1.82, 2.24) is 14.3 Å². The zero-order valence-corrected chi connectivity index (χ0v) is 19.0. The van der Waals surface area contributed by atoms with Crippen LogP contribution in [0.15, 0.2) is 73.2 Å². The number of hydrogen-bond acceptors (Lipinski definition) is 3. The zero-order valence-electron chi connectivity index (χ0n) is 19.0. The molecule has 1 aliphatic rings. The van der Waals surface area contributed by atoms with Crippen molar-refractivity contribution in [2.75, 3.05) is 18.4 Å². The molecule has 0 unspecified atom stereocenters. The number of imidazole rings is 1. The van der Waals surface area contributed by atoms with Gasteiger partial charge in [-0.3, -0.25) is 9.59 Å². The van der Waals surface area contributed by atoms with Gasteiger partial charge in [-0.15, -0.1) is 0 Å².